The SMILES string of the molecule is CCc1cnc(-c2cc(OC[C@@H]3CCOC3)cc(C(=O)NC(C)c3ccc(C)nn3)c2)s1. The summed E-state index contributed by atoms with van der Waals surface area (Å²) < 4.78 is 11.5. The molecule has 1 fully saturated rings. The standard InChI is InChI=1S/C24H28N4O3S/c1-4-21-12-25-24(32-21)19-9-18(10-20(11-19)31-14-17-7-8-30-13-17)23(29)26-16(3)22-6-5-15(2)27-28-22/h5-6,9-12,16-17H,4,7-8,13-14H2,1-3H3,(H,26,29)/t16?,17-/m1/s1. The van der Waals surface area contributed by atoms with Gasteiger partial charge in [0.05, 0.1) is 30.6 Å². The first-order valence-corrected chi connectivity index (χ1v) is 11.7. The Balaban J connectivity index is 1.56. The number of amides is 1. The summed E-state index contributed by atoms with van der Waals surface area (Å²) in [5.74, 6) is 0.848. The molecule has 0 radical (unpaired) electrons. The van der Waals surface area contributed by atoms with Crippen LogP contribution in [0.3, 0.4) is 0 Å². The first-order valence-electron chi connectivity index (χ1n) is 10.9. The molecule has 3 aromatic rings. The van der Waals surface area contributed by atoms with Crippen molar-refractivity contribution in [3.05, 3.63) is 58.4 Å². The number of hydrogen-bond acceptors (Lipinski definition) is 7. The van der Waals surface area contributed by atoms with Crippen LogP contribution in [0, 0.1) is 12.8 Å². The molecule has 1 aliphatic rings. The molecule has 0 bridgehead atoms. The summed E-state index contributed by atoms with van der Waals surface area (Å²) in [7, 11) is 0. The molecule has 1 N–H and O–H groups in total. The van der Waals surface area contributed by atoms with Crippen molar-refractivity contribution in [1.82, 2.24) is 20.5 Å². The number of carbonyl (C=O) groups is 1. The van der Waals surface area contributed by atoms with Crippen LogP contribution in [0.25, 0.3) is 10.6 Å². The molecule has 1 saturated heterocycles. The van der Waals surface area contributed by atoms with E-state index in [1.54, 1.807) is 17.4 Å². The maximum absolute atomic E-state index is 13.1. The van der Waals surface area contributed by atoms with E-state index in [0.717, 1.165) is 35.7 Å². The van der Waals surface area contributed by atoms with Crippen molar-refractivity contribution in [3.8, 4) is 16.3 Å². The highest BCUT2D eigenvalue weighted by molar-refractivity contribution is 7.15. The van der Waals surface area contributed by atoms with Crippen LogP contribution in [-0.2, 0) is 11.2 Å². The van der Waals surface area contributed by atoms with Crippen LogP contribution in [0.5, 0.6) is 5.75 Å². The molecular formula is C24H28N4O3S. The van der Waals surface area contributed by atoms with Crippen LogP contribution >= 0.6 is 11.3 Å². The second-order valence-electron chi connectivity index (χ2n) is 8.07. The normalized spacial score (nSPS) is 16.7. The molecule has 2 atom stereocenters. The van der Waals surface area contributed by atoms with Crippen LogP contribution in [0.15, 0.2) is 36.5 Å². The predicted molar refractivity (Wildman–Crippen MR) is 124 cm³/mol. The summed E-state index contributed by atoms with van der Waals surface area (Å²) in [4.78, 5) is 18.8. The van der Waals surface area contributed by atoms with Gasteiger partial charge in [-0.2, -0.15) is 10.2 Å². The topological polar surface area (TPSA) is 86.2 Å². The molecule has 3 heterocycles. The number of benzene rings is 1. The van der Waals surface area contributed by atoms with Gasteiger partial charge in [0.2, 0.25) is 0 Å². The van der Waals surface area contributed by atoms with E-state index in [2.05, 4.69) is 27.4 Å². The Bertz CT molecular complexity index is 1060. The van der Waals surface area contributed by atoms with Gasteiger partial charge in [-0.3, -0.25) is 4.79 Å². The molecule has 1 aliphatic heterocycles. The Kier molecular flexibility index (Phi) is 7.12. The van der Waals surface area contributed by atoms with Crippen LogP contribution in [0.2, 0.25) is 0 Å². The first kappa shape index (κ1) is 22.4. The van der Waals surface area contributed by atoms with Gasteiger partial charge in [0.15, 0.2) is 0 Å². The monoisotopic (exact) mass is 452 g/mol. The maximum atomic E-state index is 13.1. The lowest BCUT2D eigenvalue weighted by atomic mass is 10.1. The lowest BCUT2D eigenvalue weighted by molar-refractivity contribution is 0.0938. The van der Waals surface area contributed by atoms with Gasteiger partial charge in [0.25, 0.3) is 5.91 Å². The van der Waals surface area contributed by atoms with E-state index < -0.39 is 0 Å². The summed E-state index contributed by atoms with van der Waals surface area (Å²) >= 11 is 1.63. The molecule has 168 valence electrons. The highest BCUT2D eigenvalue weighted by Gasteiger charge is 2.19. The molecule has 8 heteroatoms. The van der Waals surface area contributed by atoms with Gasteiger partial charge in [0, 0.05) is 34.7 Å². The highest BCUT2D eigenvalue weighted by Crippen LogP contribution is 2.30. The Morgan fingerprint density at radius 2 is 2.19 bits per heavy atom. The Labute approximate surface area is 192 Å². The average Bonchev–Trinajstić information content (AvgIpc) is 3.50. The lowest BCUT2D eigenvalue weighted by Crippen LogP contribution is -2.27. The number of aryl methyl sites for hydroxylation is 2. The second kappa shape index (κ2) is 10.2. The first-order chi connectivity index (χ1) is 15.5. The molecular weight excluding hydrogens is 424 g/mol. The van der Waals surface area contributed by atoms with E-state index in [-0.39, 0.29) is 11.9 Å². The van der Waals surface area contributed by atoms with Gasteiger partial charge >= 0.3 is 0 Å². The number of nitrogens with zero attached hydrogens (tertiary/aromatic N) is 3. The fraction of sp³-hybridized carbons (Fsp3) is 0.417. The Morgan fingerprint density at radius 3 is 2.88 bits per heavy atom. The number of carbonyl (C=O) groups excluding carboxylic acids is 1. The zero-order valence-electron chi connectivity index (χ0n) is 18.6. The van der Waals surface area contributed by atoms with Crippen molar-refractivity contribution < 1.29 is 14.3 Å². The number of ether oxygens (including phenoxy) is 2. The average molecular weight is 453 g/mol. The maximum Gasteiger partial charge on any atom is 0.251 e. The zero-order valence-corrected chi connectivity index (χ0v) is 19.4. The predicted octanol–water partition coefficient (Wildman–Crippen LogP) is 4.38. The third kappa shape index (κ3) is 5.49. The van der Waals surface area contributed by atoms with E-state index in [9.17, 15) is 4.79 Å². The minimum absolute atomic E-state index is 0.192. The third-order valence-electron chi connectivity index (χ3n) is 5.44. The van der Waals surface area contributed by atoms with Gasteiger partial charge in [-0.05, 0) is 57.0 Å². The van der Waals surface area contributed by atoms with E-state index in [4.69, 9.17) is 9.47 Å². The Hall–Kier alpha value is -2.84. The second-order valence-corrected chi connectivity index (χ2v) is 9.18. The minimum Gasteiger partial charge on any atom is -0.493 e. The molecule has 2 aromatic heterocycles. The number of hydrogen-bond donors (Lipinski definition) is 1. The molecule has 4 rings (SSSR count). The zero-order chi connectivity index (χ0) is 22.5. The van der Waals surface area contributed by atoms with Crippen molar-refractivity contribution >= 4 is 17.2 Å². The fourth-order valence-corrected chi connectivity index (χ4v) is 4.30. The number of nitrogens with one attached hydrogen (secondary N) is 1. The van der Waals surface area contributed by atoms with Crippen LogP contribution in [-0.4, -0.2) is 40.9 Å². The van der Waals surface area contributed by atoms with Crippen LogP contribution in [0.4, 0.5) is 0 Å². The van der Waals surface area contributed by atoms with E-state index in [1.165, 1.54) is 4.88 Å². The fourth-order valence-electron chi connectivity index (χ4n) is 3.46. The largest absolute Gasteiger partial charge is 0.493 e. The van der Waals surface area contributed by atoms with E-state index >= 15 is 0 Å². The lowest BCUT2D eigenvalue weighted by Gasteiger charge is -2.15. The third-order valence-corrected chi connectivity index (χ3v) is 6.63. The summed E-state index contributed by atoms with van der Waals surface area (Å²) in [6, 6.07) is 9.11. The molecule has 0 aliphatic carbocycles. The Morgan fingerprint density at radius 1 is 1.31 bits per heavy atom. The highest BCUT2D eigenvalue weighted by atomic mass is 32.1. The summed E-state index contributed by atoms with van der Waals surface area (Å²) in [5, 5.41) is 12.2. The van der Waals surface area contributed by atoms with Crippen molar-refractivity contribution in [2.24, 2.45) is 5.92 Å². The van der Waals surface area contributed by atoms with Gasteiger partial charge < -0.3 is 14.8 Å². The van der Waals surface area contributed by atoms with Gasteiger partial charge in [0.1, 0.15) is 10.8 Å². The smallest absolute Gasteiger partial charge is 0.251 e. The molecule has 0 spiro atoms. The van der Waals surface area contributed by atoms with Crippen molar-refractivity contribution in [3.63, 3.8) is 0 Å². The summed E-state index contributed by atoms with van der Waals surface area (Å²) in [6.45, 7) is 7.95. The van der Waals surface area contributed by atoms with Crippen molar-refractivity contribution in [1.29, 1.82) is 0 Å². The number of aromatic nitrogens is 3. The van der Waals surface area contributed by atoms with Crippen molar-refractivity contribution in [2.45, 2.75) is 39.7 Å². The van der Waals surface area contributed by atoms with Gasteiger partial charge in [-0.25, -0.2) is 4.98 Å². The van der Waals surface area contributed by atoms with Crippen LogP contribution in [0.1, 0.15) is 52.9 Å². The molecule has 0 saturated carbocycles. The van der Waals surface area contributed by atoms with E-state index in [0.29, 0.717) is 36.1 Å². The van der Waals surface area contributed by atoms with E-state index in [1.807, 2.05) is 44.3 Å². The molecule has 1 amide bonds. The van der Waals surface area contributed by atoms with Gasteiger partial charge in [-0.15, -0.1) is 11.3 Å². The quantitative estimate of drug-likeness (QED) is 0.546. The summed E-state index contributed by atoms with van der Waals surface area (Å²) in [6.07, 6.45) is 3.81. The number of thiazole rings is 1. The molecule has 1 aromatic carbocycles. The molecule has 1 unspecified atom stereocenters. The minimum atomic E-state index is -0.272. The molecule has 32 heavy (non-hydrogen) atoms. The molecule has 7 nitrogen and oxygen atoms in total. The van der Waals surface area contributed by atoms with Crippen molar-refractivity contribution in [2.75, 3.05) is 19.8 Å². The number of rotatable bonds is 8. The van der Waals surface area contributed by atoms with Gasteiger partial charge in [-0.1, -0.05) is 6.92 Å². The summed E-state index contributed by atoms with van der Waals surface area (Å²) in [5.41, 5.74) is 2.96. The van der Waals surface area contributed by atoms with Crippen LogP contribution < -0.4 is 10.1 Å².